The Balaban J connectivity index is 1.31. The van der Waals surface area contributed by atoms with Gasteiger partial charge in [0.1, 0.15) is 5.75 Å². The molecule has 4 atom stereocenters. The van der Waals surface area contributed by atoms with Gasteiger partial charge in [0.2, 0.25) is 10.0 Å². The zero-order valence-corrected chi connectivity index (χ0v) is 20.1. The van der Waals surface area contributed by atoms with E-state index < -0.39 is 10.0 Å². The molecule has 1 aromatic rings. The molecule has 1 unspecified atom stereocenters. The van der Waals surface area contributed by atoms with E-state index in [9.17, 15) is 13.5 Å². The summed E-state index contributed by atoms with van der Waals surface area (Å²) in [7, 11) is -0.903. The molecular formula is C24H37N3O3S. The minimum atomic E-state index is -3.15. The van der Waals surface area contributed by atoms with Gasteiger partial charge in [-0.25, -0.2) is 12.7 Å². The van der Waals surface area contributed by atoms with E-state index in [1.54, 1.807) is 18.2 Å². The van der Waals surface area contributed by atoms with Gasteiger partial charge in [-0.2, -0.15) is 0 Å². The molecular weight excluding hydrogens is 410 g/mol. The van der Waals surface area contributed by atoms with Gasteiger partial charge in [-0.3, -0.25) is 0 Å². The van der Waals surface area contributed by atoms with Crippen LogP contribution in [0.4, 0.5) is 0 Å². The number of piperidine rings is 1. The van der Waals surface area contributed by atoms with Crippen LogP contribution in [-0.2, 0) is 21.9 Å². The Hall–Kier alpha value is -1.15. The zero-order chi connectivity index (χ0) is 22.2. The number of benzene rings is 1. The molecule has 2 aliphatic heterocycles. The van der Waals surface area contributed by atoms with Crippen molar-refractivity contribution in [3.63, 3.8) is 0 Å². The smallest absolute Gasteiger partial charge is 0.216 e. The molecule has 2 aliphatic carbocycles. The van der Waals surface area contributed by atoms with E-state index in [0.717, 1.165) is 32.4 Å². The summed E-state index contributed by atoms with van der Waals surface area (Å²) in [6, 6.07) is 6.84. The minimum absolute atomic E-state index is 0.0173. The van der Waals surface area contributed by atoms with E-state index >= 15 is 0 Å². The molecule has 5 rings (SSSR count). The predicted octanol–water partition coefficient (Wildman–Crippen LogP) is 2.32. The van der Waals surface area contributed by atoms with Crippen LogP contribution in [0.1, 0.15) is 51.2 Å². The van der Waals surface area contributed by atoms with E-state index in [2.05, 4.69) is 30.3 Å². The molecule has 2 bridgehead atoms. The van der Waals surface area contributed by atoms with Crippen molar-refractivity contribution in [2.75, 3.05) is 33.2 Å². The van der Waals surface area contributed by atoms with Crippen LogP contribution in [-0.4, -0.2) is 73.3 Å². The summed E-state index contributed by atoms with van der Waals surface area (Å²) in [6.07, 6.45) is 4.13. The first-order chi connectivity index (χ1) is 14.6. The van der Waals surface area contributed by atoms with Crippen LogP contribution in [0.3, 0.4) is 0 Å². The Kier molecular flexibility index (Phi) is 5.02. The number of likely N-dealkylation sites (tertiary alicyclic amines) is 1. The zero-order valence-electron chi connectivity index (χ0n) is 19.3. The maximum Gasteiger partial charge on any atom is 0.216 e. The third kappa shape index (κ3) is 3.18. The number of nitrogens with zero attached hydrogens (tertiary/aromatic N) is 2. The standard InChI is InChI=1S/C24H37N3O3S/c1-16(2)31(29,30)27-9-7-17(8-10-27)13-25-21-22-24(15-26(22)4)12-18-5-6-19(28)11-20(18)23(21,3)14-24/h5-6,11,16-17,21-22,25,28H,7-10,12-15H2,1-4H3/t21-,22-,23+,24?/m0/s1. The molecule has 2 saturated heterocycles. The molecule has 1 saturated carbocycles. The molecule has 1 spiro atoms. The van der Waals surface area contributed by atoms with Gasteiger partial charge in [0, 0.05) is 42.5 Å². The number of likely N-dealkylation sites (N-methyl/N-ethyl adjacent to an activating group) is 1. The molecule has 2 N–H and O–H groups in total. The SMILES string of the molecule is CC(C)S(=O)(=O)N1CCC(CN[C@H]2[C@@H]3N(C)CC34Cc3ccc(O)cc3[C@@]2(C)C4)CC1. The van der Waals surface area contributed by atoms with Crippen LogP contribution in [0.5, 0.6) is 5.75 Å². The van der Waals surface area contributed by atoms with E-state index in [-0.39, 0.29) is 10.7 Å². The van der Waals surface area contributed by atoms with Gasteiger partial charge in [0.15, 0.2) is 0 Å². The maximum atomic E-state index is 12.5. The summed E-state index contributed by atoms with van der Waals surface area (Å²) in [5.74, 6) is 0.869. The second-order valence-corrected chi connectivity index (χ2v) is 13.6. The van der Waals surface area contributed by atoms with Crippen LogP contribution < -0.4 is 5.32 Å². The molecule has 0 amide bonds. The van der Waals surface area contributed by atoms with E-state index in [1.807, 2.05) is 12.1 Å². The minimum Gasteiger partial charge on any atom is -0.508 e. The Bertz CT molecular complexity index is 972. The third-order valence-electron chi connectivity index (χ3n) is 8.79. The predicted molar refractivity (Wildman–Crippen MR) is 123 cm³/mol. The number of hydrogen-bond acceptors (Lipinski definition) is 5. The van der Waals surface area contributed by atoms with Gasteiger partial charge in [0.05, 0.1) is 5.25 Å². The molecule has 7 heteroatoms. The van der Waals surface area contributed by atoms with Crippen LogP contribution in [0.2, 0.25) is 0 Å². The van der Waals surface area contributed by atoms with Crippen LogP contribution in [0.25, 0.3) is 0 Å². The van der Waals surface area contributed by atoms with Crippen molar-refractivity contribution < 1.29 is 13.5 Å². The van der Waals surface area contributed by atoms with Gasteiger partial charge >= 0.3 is 0 Å². The summed E-state index contributed by atoms with van der Waals surface area (Å²) >= 11 is 0. The largest absolute Gasteiger partial charge is 0.508 e. The molecule has 0 radical (unpaired) electrons. The number of rotatable bonds is 5. The lowest BCUT2D eigenvalue weighted by molar-refractivity contribution is -0.0425. The number of sulfonamides is 1. The quantitative estimate of drug-likeness (QED) is 0.725. The highest BCUT2D eigenvalue weighted by Crippen LogP contribution is 2.63. The average Bonchev–Trinajstić information content (AvgIpc) is 2.87. The first kappa shape index (κ1) is 21.7. The Morgan fingerprint density at radius 3 is 2.61 bits per heavy atom. The van der Waals surface area contributed by atoms with Crippen LogP contribution in [0, 0.1) is 11.3 Å². The van der Waals surface area contributed by atoms with Crippen LogP contribution in [0.15, 0.2) is 18.2 Å². The monoisotopic (exact) mass is 447 g/mol. The summed E-state index contributed by atoms with van der Waals surface area (Å²) in [5, 5.41) is 13.8. The fourth-order valence-electron chi connectivity index (χ4n) is 7.41. The second kappa shape index (κ2) is 7.17. The molecule has 3 fully saturated rings. The van der Waals surface area contributed by atoms with E-state index in [4.69, 9.17) is 0 Å². The van der Waals surface area contributed by atoms with Crippen molar-refractivity contribution in [1.82, 2.24) is 14.5 Å². The number of phenols is 1. The first-order valence-electron chi connectivity index (χ1n) is 11.8. The molecule has 4 aliphatic rings. The van der Waals surface area contributed by atoms with Crippen molar-refractivity contribution in [2.45, 2.75) is 69.2 Å². The second-order valence-electron chi connectivity index (χ2n) is 11.2. The number of nitrogens with one attached hydrogen (secondary N) is 1. The van der Waals surface area contributed by atoms with Crippen molar-refractivity contribution >= 4 is 10.0 Å². The van der Waals surface area contributed by atoms with Gasteiger partial charge < -0.3 is 15.3 Å². The lowest BCUT2D eigenvalue weighted by atomic mass is 9.63. The third-order valence-corrected chi connectivity index (χ3v) is 11.1. The van der Waals surface area contributed by atoms with Crippen LogP contribution >= 0.6 is 0 Å². The molecule has 0 aromatic heterocycles. The molecule has 31 heavy (non-hydrogen) atoms. The van der Waals surface area contributed by atoms with Gasteiger partial charge in [-0.15, -0.1) is 0 Å². The van der Waals surface area contributed by atoms with Crippen molar-refractivity contribution in [3.05, 3.63) is 29.3 Å². The molecule has 1 aromatic carbocycles. The number of hydrogen-bond donors (Lipinski definition) is 2. The topological polar surface area (TPSA) is 72.9 Å². The number of fused-ring (bicyclic) bond motifs is 3. The highest BCUT2D eigenvalue weighted by Gasteiger charge is 2.68. The van der Waals surface area contributed by atoms with Crippen molar-refractivity contribution in [1.29, 1.82) is 0 Å². The summed E-state index contributed by atoms with van der Waals surface area (Å²) in [6.45, 7) is 9.28. The normalized spacial score (nSPS) is 36.3. The summed E-state index contributed by atoms with van der Waals surface area (Å²) < 4.78 is 26.6. The Morgan fingerprint density at radius 1 is 1.26 bits per heavy atom. The van der Waals surface area contributed by atoms with Gasteiger partial charge in [-0.1, -0.05) is 13.0 Å². The van der Waals surface area contributed by atoms with Crippen molar-refractivity contribution in [3.8, 4) is 5.75 Å². The molecule has 6 nitrogen and oxygen atoms in total. The lowest BCUT2D eigenvalue weighted by Crippen LogP contribution is -2.66. The Morgan fingerprint density at radius 2 is 1.97 bits per heavy atom. The molecule has 2 heterocycles. The fourth-order valence-corrected chi connectivity index (χ4v) is 8.73. The lowest BCUT2D eigenvalue weighted by Gasteiger charge is -2.55. The summed E-state index contributed by atoms with van der Waals surface area (Å²) in [4.78, 5) is 2.51. The number of phenolic OH excluding ortho intramolecular Hbond substituents is 1. The van der Waals surface area contributed by atoms with Crippen molar-refractivity contribution in [2.24, 2.45) is 11.3 Å². The van der Waals surface area contributed by atoms with Gasteiger partial charge in [-0.05, 0) is 82.3 Å². The fraction of sp³-hybridized carbons (Fsp3) is 0.750. The Labute approximate surface area is 187 Å². The van der Waals surface area contributed by atoms with Gasteiger partial charge in [0.25, 0.3) is 0 Å². The number of aromatic hydroxyl groups is 1. The maximum absolute atomic E-state index is 12.5. The highest BCUT2D eigenvalue weighted by atomic mass is 32.2. The van der Waals surface area contributed by atoms with E-state index in [1.165, 1.54) is 17.5 Å². The summed E-state index contributed by atoms with van der Waals surface area (Å²) in [5.41, 5.74) is 3.08. The molecule has 172 valence electrons. The first-order valence-corrected chi connectivity index (χ1v) is 13.3. The van der Waals surface area contributed by atoms with E-state index in [0.29, 0.717) is 42.3 Å². The average molecular weight is 448 g/mol. The highest BCUT2D eigenvalue weighted by molar-refractivity contribution is 7.89.